The summed E-state index contributed by atoms with van der Waals surface area (Å²) < 4.78 is 0. The van der Waals surface area contributed by atoms with Crippen LogP contribution in [0, 0.1) is 5.92 Å². The Morgan fingerprint density at radius 3 is 2.82 bits per heavy atom. The van der Waals surface area contributed by atoms with Crippen LogP contribution in [0.25, 0.3) is 0 Å². The van der Waals surface area contributed by atoms with Crippen molar-refractivity contribution in [1.82, 2.24) is 5.32 Å². The van der Waals surface area contributed by atoms with Crippen molar-refractivity contribution in [2.75, 3.05) is 25.0 Å². The second-order valence-electron chi connectivity index (χ2n) is 4.84. The molecule has 17 heavy (non-hydrogen) atoms. The lowest BCUT2D eigenvalue weighted by molar-refractivity contribution is 0.718. The van der Waals surface area contributed by atoms with Crippen LogP contribution in [-0.2, 0) is 6.54 Å². The maximum atomic E-state index is 6.29. The average molecular weight is 253 g/mol. The molecule has 0 aromatic heterocycles. The largest absolute Gasteiger partial charge is 0.374 e. The zero-order valence-corrected chi connectivity index (χ0v) is 11.4. The van der Waals surface area contributed by atoms with Crippen molar-refractivity contribution in [2.45, 2.75) is 26.3 Å². The van der Waals surface area contributed by atoms with Crippen molar-refractivity contribution in [3.63, 3.8) is 0 Å². The minimum Gasteiger partial charge on any atom is -0.374 e. The molecule has 1 aromatic carbocycles. The molecule has 0 heterocycles. The molecular formula is C14H21ClN2. The van der Waals surface area contributed by atoms with Gasteiger partial charge in [-0.3, -0.25) is 0 Å². The van der Waals surface area contributed by atoms with Gasteiger partial charge in [-0.1, -0.05) is 24.6 Å². The molecule has 0 amide bonds. The Balaban J connectivity index is 2.14. The van der Waals surface area contributed by atoms with Gasteiger partial charge in [0, 0.05) is 36.4 Å². The molecule has 3 heteroatoms. The Morgan fingerprint density at radius 1 is 1.41 bits per heavy atom. The molecule has 0 aliphatic heterocycles. The smallest absolute Gasteiger partial charge is 0.0471 e. The minimum atomic E-state index is 0.848. The number of halogens is 1. The van der Waals surface area contributed by atoms with E-state index in [2.05, 4.69) is 30.3 Å². The number of anilines is 1. The molecule has 1 aliphatic rings. The summed E-state index contributed by atoms with van der Waals surface area (Å²) in [4.78, 5) is 2.34. The van der Waals surface area contributed by atoms with Crippen LogP contribution in [0.4, 0.5) is 5.69 Å². The molecule has 1 fully saturated rings. The molecule has 1 saturated carbocycles. The summed E-state index contributed by atoms with van der Waals surface area (Å²) in [7, 11) is 2.17. The molecule has 0 spiro atoms. The Kier molecular flexibility index (Phi) is 4.30. The average Bonchev–Trinajstić information content (AvgIpc) is 3.11. The molecule has 0 saturated heterocycles. The third kappa shape index (κ3) is 3.36. The van der Waals surface area contributed by atoms with E-state index in [9.17, 15) is 0 Å². The molecule has 1 aromatic rings. The van der Waals surface area contributed by atoms with Crippen molar-refractivity contribution in [3.05, 3.63) is 28.8 Å². The SMILES string of the molecule is CCNCc1c(Cl)cccc1N(C)CC1CC1. The van der Waals surface area contributed by atoms with Crippen molar-refractivity contribution >= 4 is 17.3 Å². The molecule has 94 valence electrons. The topological polar surface area (TPSA) is 15.3 Å². The Hall–Kier alpha value is -0.730. The Labute approximate surface area is 109 Å². The van der Waals surface area contributed by atoms with Crippen molar-refractivity contribution in [3.8, 4) is 0 Å². The van der Waals surface area contributed by atoms with E-state index >= 15 is 0 Å². The van der Waals surface area contributed by atoms with Gasteiger partial charge < -0.3 is 10.2 Å². The first-order valence-corrected chi connectivity index (χ1v) is 6.79. The second kappa shape index (κ2) is 5.74. The van der Waals surface area contributed by atoms with Gasteiger partial charge in [-0.15, -0.1) is 0 Å². The predicted octanol–water partition coefficient (Wildman–Crippen LogP) is 3.30. The maximum Gasteiger partial charge on any atom is 0.0471 e. The molecule has 1 N–H and O–H groups in total. The number of hydrogen-bond acceptors (Lipinski definition) is 2. The summed E-state index contributed by atoms with van der Waals surface area (Å²) in [6.07, 6.45) is 2.76. The van der Waals surface area contributed by atoms with Crippen LogP contribution >= 0.6 is 11.6 Å². The highest BCUT2D eigenvalue weighted by atomic mass is 35.5. The first kappa shape index (κ1) is 12.7. The van der Waals surface area contributed by atoms with Crippen LogP contribution in [-0.4, -0.2) is 20.1 Å². The first-order chi connectivity index (χ1) is 8.22. The normalized spacial score (nSPS) is 15.0. The number of nitrogens with zero attached hydrogens (tertiary/aromatic N) is 1. The van der Waals surface area contributed by atoms with E-state index in [1.54, 1.807) is 0 Å². The van der Waals surface area contributed by atoms with E-state index in [0.29, 0.717) is 0 Å². The fourth-order valence-corrected chi connectivity index (χ4v) is 2.35. The number of nitrogens with one attached hydrogen (secondary N) is 1. The van der Waals surface area contributed by atoms with Crippen LogP contribution in [0.3, 0.4) is 0 Å². The number of benzene rings is 1. The zero-order chi connectivity index (χ0) is 12.3. The van der Waals surface area contributed by atoms with Crippen LogP contribution in [0.5, 0.6) is 0 Å². The lowest BCUT2D eigenvalue weighted by atomic mass is 10.1. The van der Waals surface area contributed by atoms with Crippen LogP contribution in [0.1, 0.15) is 25.3 Å². The van der Waals surface area contributed by atoms with E-state index in [4.69, 9.17) is 11.6 Å². The summed E-state index contributed by atoms with van der Waals surface area (Å²) in [5.74, 6) is 0.894. The second-order valence-corrected chi connectivity index (χ2v) is 5.25. The Bertz CT molecular complexity index is 374. The van der Waals surface area contributed by atoms with Gasteiger partial charge in [0.05, 0.1) is 0 Å². The molecule has 1 aliphatic carbocycles. The standard InChI is InChI=1S/C14H21ClN2/c1-3-16-9-12-13(15)5-4-6-14(12)17(2)10-11-7-8-11/h4-6,11,16H,3,7-10H2,1-2H3. The summed E-state index contributed by atoms with van der Waals surface area (Å²) >= 11 is 6.29. The number of rotatable bonds is 6. The highest BCUT2D eigenvalue weighted by Crippen LogP contribution is 2.33. The monoisotopic (exact) mass is 252 g/mol. The van der Waals surface area contributed by atoms with E-state index in [0.717, 1.165) is 30.6 Å². The van der Waals surface area contributed by atoms with E-state index in [1.165, 1.54) is 24.1 Å². The van der Waals surface area contributed by atoms with Gasteiger partial charge in [-0.05, 0) is 37.4 Å². The maximum absolute atomic E-state index is 6.29. The van der Waals surface area contributed by atoms with Gasteiger partial charge in [-0.25, -0.2) is 0 Å². The highest BCUT2D eigenvalue weighted by Gasteiger charge is 2.23. The Morgan fingerprint density at radius 2 is 2.18 bits per heavy atom. The van der Waals surface area contributed by atoms with Crippen molar-refractivity contribution in [1.29, 1.82) is 0 Å². The van der Waals surface area contributed by atoms with Gasteiger partial charge in [0.15, 0.2) is 0 Å². The van der Waals surface area contributed by atoms with Gasteiger partial charge in [0.2, 0.25) is 0 Å². The first-order valence-electron chi connectivity index (χ1n) is 6.41. The molecule has 0 radical (unpaired) electrons. The summed E-state index contributed by atoms with van der Waals surface area (Å²) in [5, 5.41) is 4.23. The molecule has 2 rings (SSSR count). The van der Waals surface area contributed by atoms with E-state index < -0.39 is 0 Å². The molecule has 0 atom stereocenters. The summed E-state index contributed by atoms with van der Waals surface area (Å²) in [5.41, 5.74) is 2.49. The van der Waals surface area contributed by atoms with Crippen LogP contribution in [0.2, 0.25) is 5.02 Å². The van der Waals surface area contributed by atoms with Crippen molar-refractivity contribution in [2.24, 2.45) is 5.92 Å². The minimum absolute atomic E-state index is 0.848. The van der Waals surface area contributed by atoms with Gasteiger partial charge in [-0.2, -0.15) is 0 Å². The fourth-order valence-electron chi connectivity index (χ4n) is 2.12. The third-order valence-electron chi connectivity index (χ3n) is 3.29. The third-order valence-corrected chi connectivity index (χ3v) is 3.64. The quantitative estimate of drug-likeness (QED) is 0.836. The lowest BCUT2D eigenvalue weighted by Crippen LogP contribution is -2.23. The summed E-state index contributed by atoms with van der Waals surface area (Å²) in [6, 6.07) is 6.18. The van der Waals surface area contributed by atoms with Crippen LogP contribution < -0.4 is 10.2 Å². The van der Waals surface area contributed by atoms with E-state index in [-0.39, 0.29) is 0 Å². The lowest BCUT2D eigenvalue weighted by Gasteiger charge is -2.23. The molecule has 2 nitrogen and oxygen atoms in total. The number of hydrogen-bond donors (Lipinski definition) is 1. The van der Waals surface area contributed by atoms with Gasteiger partial charge in [0.25, 0.3) is 0 Å². The van der Waals surface area contributed by atoms with E-state index in [1.807, 2.05) is 12.1 Å². The highest BCUT2D eigenvalue weighted by molar-refractivity contribution is 6.31. The van der Waals surface area contributed by atoms with Gasteiger partial charge in [0.1, 0.15) is 0 Å². The molecule has 0 bridgehead atoms. The molecule has 0 unspecified atom stereocenters. The summed E-state index contributed by atoms with van der Waals surface area (Å²) in [6.45, 7) is 5.08. The van der Waals surface area contributed by atoms with Gasteiger partial charge >= 0.3 is 0 Å². The fraction of sp³-hybridized carbons (Fsp3) is 0.571. The zero-order valence-electron chi connectivity index (χ0n) is 10.7. The predicted molar refractivity (Wildman–Crippen MR) is 74.8 cm³/mol. The van der Waals surface area contributed by atoms with Crippen LogP contribution in [0.15, 0.2) is 18.2 Å². The van der Waals surface area contributed by atoms with Crippen molar-refractivity contribution < 1.29 is 0 Å². The molecular weight excluding hydrogens is 232 g/mol.